The third-order valence-electron chi connectivity index (χ3n) is 2.20. The largest absolute Gasteiger partial charge is 0.506 e. The van der Waals surface area contributed by atoms with Crippen LogP contribution in [0.1, 0.15) is 10.4 Å². The number of non-ortho nitro benzene ring substituents is 1. The van der Waals surface area contributed by atoms with Crippen LogP contribution < -0.4 is 5.32 Å². The molecule has 0 radical (unpaired) electrons. The van der Waals surface area contributed by atoms with Crippen LogP contribution in [-0.4, -0.2) is 26.1 Å². The molecule has 0 fully saturated rings. The molecule has 0 aliphatic heterocycles. The van der Waals surface area contributed by atoms with Crippen molar-refractivity contribution >= 4 is 17.3 Å². The molecule has 0 aliphatic rings. The number of carbonyl (C=O) groups excluding carboxylic acids is 1. The van der Waals surface area contributed by atoms with Crippen molar-refractivity contribution in [2.45, 2.75) is 0 Å². The average molecular weight is 248 g/mol. The Labute approximate surface area is 100 Å². The summed E-state index contributed by atoms with van der Waals surface area (Å²) in [6.45, 7) is 0. The molecule has 92 valence electrons. The Morgan fingerprint density at radius 1 is 1.50 bits per heavy atom. The van der Waals surface area contributed by atoms with Gasteiger partial charge in [-0.1, -0.05) is 0 Å². The minimum atomic E-state index is -0.618. The quantitative estimate of drug-likeness (QED) is 0.429. The van der Waals surface area contributed by atoms with Gasteiger partial charge in [0.2, 0.25) is 0 Å². The van der Waals surface area contributed by atoms with Crippen LogP contribution in [0.3, 0.4) is 0 Å². The van der Waals surface area contributed by atoms with Gasteiger partial charge in [0, 0.05) is 18.3 Å². The normalized spacial score (nSPS) is 10.0. The second kappa shape index (κ2) is 4.53. The Balaban J connectivity index is 2.26. The summed E-state index contributed by atoms with van der Waals surface area (Å²) in [6.07, 6.45) is 2.66. The number of nitrogens with one attached hydrogen (secondary N) is 2. The van der Waals surface area contributed by atoms with E-state index in [9.17, 15) is 20.0 Å². The molecular weight excluding hydrogens is 240 g/mol. The van der Waals surface area contributed by atoms with E-state index in [0.29, 0.717) is 0 Å². The smallest absolute Gasteiger partial charge is 0.271 e. The highest BCUT2D eigenvalue weighted by Gasteiger charge is 2.14. The van der Waals surface area contributed by atoms with E-state index in [4.69, 9.17) is 0 Å². The number of nitro benzene ring substituents is 1. The van der Waals surface area contributed by atoms with Crippen molar-refractivity contribution in [3.8, 4) is 5.75 Å². The summed E-state index contributed by atoms with van der Waals surface area (Å²) in [5.74, 6) is -0.781. The summed E-state index contributed by atoms with van der Waals surface area (Å²) >= 11 is 0. The molecule has 8 nitrogen and oxygen atoms in total. The first-order valence-corrected chi connectivity index (χ1v) is 4.85. The van der Waals surface area contributed by atoms with E-state index in [0.717, 1.165) is 18.2 Å². The maximum atomic E-state index is 11.7. The zero-order valence-corrected chi connectivity index (χ0v) is 8.95. The Morgan fingerprint density at radius 3 is 2.89 bits per heavy atom. The lowest BCUT2D eigenvalue weighted by Crippen LogP contribution is -2.11. The molecule has 1 amide bonds. The van der Waals surface area contributed by atoms with E-state index in [1.807, 2.05) is 0 Å². The second-order valence-corrected chi connectivity index (χ2v) is 3.40. The lowest BCUT2D eigenvalue weighted by atomic mass is 10.2. The van der Waals surface area contributed by atoms with Crippen LogP contribution in [0.5, 0.6) is 5.75 Å². The van der Waals surface area contributed by atoms with Crippen molar-refractivity contribution in [1.29, 1.82) is 0 Å². The maximum Gasteiger partial charge on any atom is 0.271 e. The molecule has 0 bridgehead atoms. The Kier molecular flexibility index (Phi) is 2.92. The maximum absolute atomic E-state index is 11.7. The summed E-state index contributed by atoms with van der Waals surface area (Å²) < 4.78 is 0. The number of nitrogens with zero attached hydrogens (tertiary/aromatic N) is 2. The Bertz CT molecular complexity index is 594. The minimum absolute atomic E-state index is 0.0320. The lowest BCUT2D eigenvalue weighted by Gasteiger charge is -2.05. The molecule has 2 aromatic rings. The van der Waals surface area contributed by atoms with Gasteiger partial charge >= 0.3 is 0 Å². The topological polar surface area (TPSA) is 121 Å². The van der Waals surface area contributed by atoms with Gasteiger partial charge in [-0.2, -0.15) is 5.10 Å². The highest BCUT2D eigenvalue weighted by atomic mass is 16.6. The van der Waals surface area contributed by atoms with Crippen molar-refractivity contribution in [2.24, 2.45) is 0 Å². The lowest BCUT2D eigenvalue weighted by molar-refractivity contribution is -0.384. The van der Waals surface area contributed by atoms with Gasteiger partial charge in [-0.15, -0.1) is 0 Å². The average Bonchev–Trinajstić information content (AvgIpc) is 2.85. The summed E-state index contributed by atoms with van der Waals surface area (Å²) in [5, 5.41) is 28.5. The molecule has 0 aliphatic carbocycles. The molecule has 1 aromatic heterocycles. The third kappa shape index (κ3) is 2.26. The molecule has 18 heavy (non-hydrogen) atoms. The third-order valence-corrected chi connectivity index (χ3v) is 2.20. The van der Waals surface area contributed by atoms with Gasteiger partial charge in [0.25, 0.3) is 11.6 Å². The van der Waals surface area contributed by atoms with Crippen molar-refractivity contribution in [1.82, 2.24) is 10.2 Å². The van der Waals surface area contributed by atoms with E-state index >= 15 is 0 Å². The van der Waals surface area contributed by atoms with Gasteiger partial charge in [-0.25, -0.2) is 0 Å². The number of carbonyl (C=O) groups is 1. The highest BCUT2D eigenvalue weighted by molar-refractivity contribution is 6.04. The van der Waals surface area contributed by atoms with Crippen LogP contribution in [0, 0.1) is 10.1 Å². The predicted molar refractivity (Wildman–Crippen MR) is 61.3 cm³/mol. The fraction of sp³-hybridized carbons (Fsp3) is 0. The number of nitro groups is 1. The SMILES string of the molecule is O=C(Nc1cc([N+](=O)[O-])ccc1O)c1cn[nH]c1. The summed E-state index contributed by atoms with van der Waals surface area (Å²) in [4.78, 5) is 21.6. The number of rotatable bonds is 3. The molecule has 0 spiro atoms. The van der Waals surface area contributed by atoms with E-state index in [2.05, 4.69) is 15.5 Å². The van der Waals surface area contributed by atoms with Crippen LogP contribution in [0.15, 0.2) is 30.6 Å². The monoisotopic (exact) mass is 248 g/mol. The minimum Gasteiger partial charge on any atom is -0.506 e. The number of phenolic OH excluding ortho intramolecular Hbond substituents is 1. The van der Waals surface area contributed by atoms with Crippen LogP contribution >= 0.6 is 0 Å². The summed E-state index contributed by atoms with van der Waals surface area (Å²) in [5.41, 5.74) is -0.00778. The van der Waals surface area contributed by atoms with E-state index in [-0.39, 0.29) is 22.7 Å². The molecule has 2 rings (SSSR count). The fourth-order valence-electron chi connectivity index (χ4n) is 1.31. The first kappa shape index (κ1) is 11.6. The molecule has 0 unspecified atom stereocenters. The number of H-pyrrole nitrogens is 1. The van der Waals surface area contributed by atoms with Crippen LogP contribution in [0.25, 0.3) is 0 Å². The summed E-state index contributed by atoms with van der Waals surface area (Å²) in [6, 6.07) is 3.36. The molecule has 3 N–H and O–H groups in total. The van der Waals surface area contributed by atoms with Gasteiger partial charge in [0.1, 0.15) is 5.75 Å². The highest BCUT2D eigenvalue weighted by Crippen LogP contribution is 2.28. The number of amides is 1. The van der Waals surface area contributed by atoms with Gasteiger partial charge in [-0.3, -0.25) is 20.0 Å². The molecule has 8 heteroatoms. The van der Waals surface area contributed by atoms with E-state index in [1.165, 1.54) is 12.4 Å². The number of aromatic amines is 1. The molecule has 1 heterocycles. The van der Waals surface area contributed by atoms with Gasteiger partial charge in [-0.05, 0) is 6.07 Å². The number of aromatic hydroxyl groups is 1. The second-order valence-electron chi connectivity index (χ2n) is 3.40. The van der Waals surface area contributed by atoms with Gasteiger partial charge in [0.05, 0.1) is 22.4 Å². The first-order chi connectivity index (χ1) is 8.58. The molecular formula is C10H8N4O4. The molecule has 0 atom stereocenters. The fourth-order valence-corrected chi connectivity index (χ4v) is 1.31. The molecule has 1 aromatic carbocycles. The zero-order chi connectivity index (χ0) is 13.1. The first-order valence-electron chi connectivity index (χ1n) is 4.85. The van der Waals surface area contributed by atoms with Crippen molar-refractivity contribution in [3.63, 3.8) is 0 Å². The number of anilines is 1. The number of benzene rings is 1. The van der Waals surface area contributed by atoms with Crippen LogP contribution in [-0.2, 0) is 0 Å². The van der Waals surface area contributed by atoms with Gasteiger partial charge < -0.3 is 10.4 Å². The van der Waals surface area contributed by atoms with Crippen LogP contribution in [0.4, 0.5) is 11.4 Å². The zero-order valence-electron chi connectivity index (χ0n) is 8.95. The molecule has 0 saturated carbocycles. The standard InChI is InChI=1S/C10H8N4O4/c15-9-2-1-7(14(17)18)3-8(9)13-10(16)6-4-11-12-5-6/h1-5,15H,(H,11,12)(H,13,16). The number of hydrogen-bond acceptors (Lipinski definition) is 5. The Morgan fingerprint density at radius 2 is 2.28 bits per heavy atom. The number of aromatic nitrogens is 2. The Hall–Kier alpha value is -2.90. The van der Waals surface area contributed by atoms with E-state index in [1.54, 1.807) is 0 Å². The molecule has 0 saturated heterocycles. The number of hydrogen-bond donors (Lipinski definition) is 3. The van der Waals surface area contributed by atoms with Gasteiger partial charge in [0.15, 0.2) is 0 Å². The van der Waals surface area contributed by atoms with Crippen molar-refractivity contribution in [3.05, 3.63) is 46.3 Å². The van der Waals surface area contributed by atoms with Crippen molar-refractivity contribution in [2.75, 3.05) is 5.32 Å². The number of phenols is 1. The van der Waals surface area contributed by atoms with E-state index < -0.39 is 10.8 Å². The van der Waals surface area contributed by atoms with Crippen LogP contribution in [0.2, 0.25) is 0 Å². The predicted octanol–water partition coefficient (Wildman–Crippen LogP) is 1.28. The van der Waals surface area contributed by atoms with Crippen molar-refractivity contribution < 1.29 is 14.8 Å². The summed E-state index contributed by atoms with van der Waals surface area (Å²) in [7, 11) is 0.